The molecule has 7 rings (SSSR count). The number of benzene rings is 3. The zero-order valence-electron chi connectivity index (χ0n) is 29.6. The molecule has 0 aliphatic rings. The van der Waals surface area contributed by atoms with Crippen LogP contribution in [0.2, 0.25) is 0 Å². The van der Waals surface area contributed by atoms with Gasteiger partial charge in [0.2, 0.25) is 5.71 Å². The van der Waals surface area contributed by atoms with Crippen LogP contribution in [0.15, 0.2) is 102 Å². The number of rotatable bonds is 6. The molecule has 4 aromatic heterocycles. The first-order valence-electron chi connectivity index (χ1n) is 16.9. The van der Waals surface area contributed by atoms with E-state index in [0.29, 0.717) is 23.5 Å². The van der Waals surface area contributed by atoms with Gasteiger partial charge in [0.05, 0.1) is 11.3 Å². The molecule has 0 aliphatic heterocycles. The second-order valence-electron chi connectivity index (χ2n) is 13.4. The van der Waals surface area contributed by atoms with Crippen LogP contribution >= 0.6 is 0 Å². The van der Waals surface area contributed by atoms with Gasteiger partial charge in [-0.25, -0.2) is 4.98 Å². The Morgan fingerprint density at radius 1 is 0.612 bits per heavy atom. The molecule has 5 heteroatoms. The first kappa shape index (κ1) is 35.9. The maximum absolute atomic E-state index is 6.45. The van der Waals surface area contributed by atoms with E-state index in [1.807, 2.05) is 55.7 Å². The van der Waals surface area contributed by atoms with Crippen LogP contribution in [0, 0.1) is 26.0 Å². The molecule has 7 aromatic rings. The molecule has 3 aromatic carbocycles. The molecule has 0 unspecified atom stereocenters. The van der Waals surface area contributed by atoms with Crippen molar-refractivity contribution in [1.29, 1.82) is 0 Å². The van der Waals surface area contributed by atoms with Crippen LogP contribution in [-0.4, -0.2) is 15.0 Å². The van der Waals surface area contributed by atoms with Crippen LogP contribution in [0.3, 0.4) is 0 Å². The van der Waals surface area contributed by atoms with E-state index < -0.39 is 0 Å². The number of aryl methyl sites for hydroxylation is 2. The largest absolute Gasteiger partial charge is 0.486 e. The topological polar surface area (TPSA) is 51.8 Å². The minimum absolute atomic E-state index is 0. The van der Waals surface area contributed by atoms with Crippen molar-refractivity contribution < 1.29 is 24.5 Å². The van der Waals surface area contributed by atoms with E-state index in [-0.39, 0.29) is 20.1 Å². The third-order valence-electron chi connectivity index (χ3n) is 8.85. The number of pyridine rings is 3. The fourth-order valence-electron chi connectivity index (χ4n) is 6.28. The first-order chi connectivity index (χ1) is 23.1. The summed E-state index contributed by atoms with van der Waals surface area (Å²) in [6.07, 6.45) is 3.82. The second kappa shape index (κ2) is 15.4. The summed E-state index contributed by atoms with van der Waals surface area (Å²) in [6, 6.07) is 35.5. The molecule has 0 aliphatic carbocycles. The van der Waals surface area contributed by atoms with Gasteiger partial charge in [0, 0.05) is 43.4 Å². The fourth-order valence-corrected chi connectivity index (χ4v) is 6.28. The summed E-state index contributed by atoms with van der Waals surface area (Å²) in [4.78, 5) is 14.1. The van der Waals surface area contributed by atoms with Gasteiger partial charge in [-0.2, -0.15) is 0 Å². The van der Waals surface area contributed by atoms with E-state index >= 15 is 0 Å². The minimum atomic E-state index is 0. The van der Waals surface area contributed by atoms with Crippen molar-refractivity contribution in [1.82, 2.24) is 15.0 Å². The average molecular weight is 822 g/mol. The molecule has 0 spiro atoms. The molecule has 4 nitrogen and oxygen atoms in total. The summed E-state index contributed by atoms with van der Waals surface area (Å²) in [7, 11) is 0. The molecular formula is C44H43IrN3O-2. The zero-order valence-corrected chi connectivity index (χ0v) is 31.9. The Hall–Kier alpha value is -4.44. The van der Waals surface area contributed by atoms with Gasteiger partial charge < -0.3 is 14.4 Å². The Bertz CT molecular complexity index is 2160. The van der Waals surface area contributed by atoms with Crippen molar-refractivity contribution >= 4 is 22.1 Å². The molecule has 0 saturated carbocycles. The summed E-state index contributed by atoms with van der Waals surface area (Å²) in [5.41, 5.74) is 13.7. The van der Waals surface area contributed by atoms with E-state index in [2.05, 4.69) is 114 Å². The molecule has 49 heavy (non-hydrogen) atoms. The average Bonchev–Trinajstić information content (AvgIpc) is 3.47. The summed E-state index contributed by atoms with van der Waals surface area (Å²) >= 11 is 0. The van der Waals surface area contributed by atoms with Crippen molar-refractivity contribution in [2.45, 2.75) is 73.1 Å². The number of furan rings is 1. The predicted octanol–water partition coefficient (Wildman–Crippen LogP) is 12.0. The fraction of sp³-hybridized carbons (Fsp3) is 0.250. The Labute approximate surface area is 304 Å². The van der Waals surface area contributed by atoms with Gasteiger partial charge in [-0.15, -0.1) is 54.1 Å². The maximum Gasteiger partial charge on any atom is 0.216 e. The first-order valence-corrected chi connectivity index (χ1v) is 16.9. The van der Waals surface area contributed by atoms with Crippen LogP contribution in [0.5, 0.6) is 0 Å². The molecule has 4 heterocycles. The summed E-state index contributed by atoms with van der Waals surface area (Å²) in [6.45, 7) is 17.5. The Kier molecular flexibility index (Phi) is 11.3. The Morgan fingerprint density at radius 2 is 1.31 bits per heavy atom. The van der Waals surface area contributed by atoms with Crippen LogP contribution in [0.4, 0.5) is 0 Å². The quantitative estimate of drug-likeness (QED) is 0.157. The maximum atomic E-state index is 6.45. The van der Waals surface area contributed by atoms with Gasteiger partial charge >= 0.3 is 0 Å². The molecule has 0 bridgehead atoms. The van der Waals surface area contributed by atoms with Gasteiger partial charge in [0.25, 0.3) is 0 Å². The summed E-state index contributed by atoms with van der Waals surface area (Å²) in [5.74, 6) is 1.23. The van der Waals surface area contributed by atoms with E-state index in [9.17, 15) is 0 Å². The third-order valence-corrected chi connectivity index (χ3v) is 8.85. The zero-order chi connectivity index (χ0) is 33.9. The molecule has 0 fully saturated rings. The van der Waals surface area contributed by atoms with Gasteiger partial charge in [-0.05, 0) is 82.9 Å². The van der Waals surface area contributed by atoms with Crippen LogP contribution < -0.4 is 0 Å². The number of hydrogen-bond acceptors (Lipinski definition) is 4. The van der Waals surface area contributed by atoms with Crippen molar-refractivity contribution in [3.63, 3.8) is 0 Å². The van der Waals surface area contributed by atoms with E-state index in [1.54, 1.807) is 0 Å². The number of aromatic nitrogens is 3. The predicted molar refractivity (Wildman–Crippen MR) is 199 cm³/mol. The second-order valence-corrected chi connectivity index (χ2v) is 13.4. The summed E-state index contributed by atoms with van der Waals surface area (Å²) < 4.78 is 6.45. The number of hydrogen-bond donors (Lipinski definition) is 0. The Balaban J connectivity index is 0.000000280. The molecule has 0 atom stereocenters. The monoisotopic (exact) mass is 822 g/mol. The van der Waals surface area contributed by atoms with Crippen LogP contribution in [0.1, 0.15) is 87.1 Å². The molecule has 251 valence electrons. The smallest absolute Gasteiger partial charge is 0.216 e. The molecule has 1 radical (unpaired) electrons. The SMILES string of the molecule is Cc1ccc(-c2[c-]cccc2)nc1.Cc1cnc(-c2[c-]ccc3c2oc2nc(-c4c(C(C)C)cccc4C(C)C)ccc23)cc1C(C)C.[Ir]. The van der Waals surface area contributed by atoms with Gasteiger partial charge in [0.15, 0.2) is 0 Å². The molecule has 0 N–H and O–H groups in total. The normalized spacial score (nSPS) is 11.2. The molecule has 0 saturated heterocycles. The summed E-state index contributed by atoms with van der Waals surface area (Å²) in [5, 5.41) is 2.06. The Morgan fingerprint density at radius 3 is 1.94 bits per heavy atom. The van der Waals surface area contributed by atoms with Crippen LogP contribution in [-0.2, 0) is 20.1 Å². The number of nitrogens with zero attached hydrogens (tertiary/aromatic N) is 3. The van der Waals surface area contributed by atoms with Crippen molar-refractivity contribution in [2.24, 2.45) is 0 Å². The van der Waals surface area contributed by atoms with Gasteiger partial charge in [-0.3, -0.25) is 0 Å². The van der Waals surface area contributed by atoms with Gasteiger partial charge in [0.1, 0.15) is 0 Å². The van der Waals surface area contributed by atoms with E-state index in [4.69, 9.17) is 14.4 Å². The third kappa shape index (κ3) is 7.59. The standard InChI is InChI=1S/C32H33N2O.C12H10N.Ir/c1-18(2)22-10-8-11-23(19(3)4)30(22)28-15-14-25-24-12-9-13-26(31(24)35-32(25)34-28)29-16-27(20(5)6)21(7)17-33-29;1-10-7-8-12(13-9-10)11-5-3-2-4-6-11;/h8-12,14-20H,1-7H3;2-5,7-9H,1H3;/q2*-1;. The van der Waals surface area contributed by atoms with Crippen LogP contribution in [0.25, 0.3) is 55.8 Å². The number of fused-ring (bicyclic) bond motifs is 3. The van der Waals surface area contributed by atoms with Crippen molar-refractivity contribution in [3.05, 3.63) is 137 Å². The van der Waals surface area contributed by atoms with Crippen molar-refractivity contribution in [3.8, 4) is 33.8 Å². The van der Waals surface area contributed by atoms with Crippen molar-refractivity contribution in [2.75, 3.05) is 0 Å². The van der Waals surface area contributed by atoms with E-state index in [1.165, 1.54) is 33.4 Å². The van der Waals surface area contributed by atoms with E-state index in [0.717, 1.165) is 44.6 Å². The minimum Gasteiger partial charge on any atom is -0.486 e. The molecular weight excluding hydrogens is 779 g/mol. The van der Waals surface area contributed by atoms with Gasteiger partial charge in [-0.1, -0.05) is 88.9 Å². The molecule has 0 amide bonds.